The molecule has 0 atom stereocenters. The minimum Gasteiger partial charge on any atom is -0.454 e. The molecule has 0 bridgehead atoms. The van der Waals surface area contributed by atoms with Crippen molar-refractivity contribution in [3.8, 4) is 17.2 Å². The number of Topliss-reactive ketones (excluding diaryl/α,β-unsaturated/α-hetero) is 1. The lowest BCUT2D eigenvalue weighted by atomic mass is 10.1. The average molecular weight is 367 g/mol. The van der Waals surface area contributed by atoms with Gasteiger partial charge in [-0.05, 0) is 43.7 Å². The second-order valence-corrected chi connectivity index (χ2v) is 6.87. The van der Waals surface area contributed by atoms with Gasteiger partial charge in [-0.2, -0.15) is 0 Å². The molecular weight excluding hydrogens is 350 g/mol. The van der Waals surface area contributed by atoms with Crippen LogP contribution in [0.4, 0.5) is 0 Å². The molecule has 1 aromatic heterocycles. The van der Waals surface area contributed by atoms with Gasteiger partial charge < -0.3 is 9.47 Å². The second kappa shape index (κ2) is 6.84. The van der Waals surface area contributed by atoms with Gasteiger partial charge in [-0.1, -0.05) is 30.0 Å². The fraction of sp³-hybridized carbons (Fsp3) is 0.211. The van der Waals surface area contributed by atoms with Gasteiger partial charge in [0.15, 0.2) is 22.4 Å². The number of thioether (sulfide) groups is 1. The van der Waals surface area contributed by atoms with Crippen molar-refractivity contribution < 1.29 is 14.3 Å². The van der Waals surface area contributed by atoms with E-state index in [0.29, 0.717) is 22.2 Å². The molecule has 0 unspecified atom stereocenters. The van der Waals surface area contributed by atoms with E-state index < -0.39 is 0 Å². The summed E-state index contributed by atoms with van der Waals surface area (Å²) in [6.07, 6.45) is 0. The van der Waals surface area contributed by atoms with Crippen molar-refractivity contribution in [3.05, 3.63) is 59.4 Å². The molecular formula is C19H17N3O3S. The lowest BCUT2D eigenvalue weighted by Crippen LogP contribution is -2.05. The van der Waals surface area contributed by atoms with Gasteiger partial charge in [0.05, 0.1) is 11.4 Å². The molecule has 2 heterocycles. The number of aromatic nitrogens is 3. The SMILES string of the molecule is Cc1ccccc1-n1c(C)nnc1SCC(=O)c1ccc2c(c1)OCO2. The van der Waals surface area contributed by atoms with Crippen LogP contribution in [0, 0.1) is 13.8 Å². The van der Waals surface area contributed by atoms with E-state index in [2.05, 4.69) is 10.2 Å². The molecule has 0 N–H and O–H groups in total. The van der Waals surface area contributed by atoms with E-state index in [-0.39, 0.29) is 18.3 Å². The predicted octanol–water partition coefficient (Wildman–Crippen LogP) is 3.59. The van der Waals surface area contributed by atoms with Crippen LogP contribution in [-0.4, -0.2) is 33.1 Å². The van der Waals surface area contributed by atoms with Crippen molar-refractivity contribution >= 4 is 17.5 Å². The highest BCUT2D eigenvalue weighted by atomic mass is 32.2. The maximum absolute atomic E-state index is 12.6. The first kappa shape index (κ1) is 16.7. The number of carbonyl (C=O) groups is 1. The number of rotatable bonds is 5. The van der Waals surface area contributed by atoms with Gasteiger partial charge in [0.2, 0.25) is 6.79 Å². The zero-order valence-electron chi connectivity index (χ0n) is 14.4. The lowest BCUT2D eigenvalue weighted by molar-refractivity contribution is 0.102. The van der Waals surface area contributed by atoms with E-state index in [1.54, 1.807) is 18.2 Å². The van der Waals surface area contributed by atoms with E-state index in [0.717, 1.165) is 17.1 Å². The Morgan fingerprint density at radius 2 is 1.92 bits per heavy atom. The van der Waals surface area contributed by atoms with Gasteiger partial charge in [0, 0.05) is 5.56 Å². The molecule has 132 valence electrons. The quantitative estimate of drug-likeness (QED) is 0.507. The van der Waals surface area contributed by atoms with Gasteiger partial charge in [-0.15, -0.1) is 10.2 Å². The molecule has 0 amide bonds. The zero-order chi connectivity index (χ0) is 18.1. The molecule has 1 aliphatic heterocycles. The molecule has 0 aliphatic carbocycles. The highest BCUT2D eigenvalue weighted by Crippen LogP contribution is 2.33. The molecule has 2 aromatic carbocycles. The summed E-state index contributed by atoms with van der Waals surface area (Å²) in [7, 11) is 0. The van der Waals surface area contributed by atoms with Crippen LogP contribution in [0.5, 0.6) is 11.5 Å². The Bertz CT molecular complexity index is 984. The van der Waals surface area contributed by atoms with Crippen molar-refractivity contribution in [1.82, 2.24) is 14.8 Å². The first-order valence-corrected chi connectivity index (χ1v) is 9.16. The van der Waals surface area contributed by atoms with E-state index in [1.807, 2.05) is 42.7 Å². The van der Waals surface area contributed by atoms with Gasteiger partial charge in [0.1, 0.15) is 5.82 Å². The minimum absolute atomic E-state index is 0.00490. The second-order valence-electron chi connectivity index (χ2n) is 5.93. The number of carbonyl (C=O) groups excluding carboxylic acids is 1. The number of ether oxygens (including phenoxy) is 2. The monoisotopic (exact) mass is 367 g/mol. The fourth-order valence-electron chi connectivity index (χ4n) is 2.81. The molecule has 0 fully saturated rings. The van der Waals surface area contributed by atoms with Gasteiger partial charge >= 0.3 is 0 Å². The summed E-state index contributed by atoms with van der Waals surface area (Å²) in [4.78, 5) is 12.6. The predicted molar refractivity (Wildman–Crippen MR) is 98.5 cm³/mol. The molecule has 6 nitrogen and oxygen atoms in total. The summed E-state index contributed by atoms with van der Waals surface area (Å²) >= 11 is 1.38. The Balaban J connectivity index is 1.54. The molecule has 3 aromatic rings. The van der Waals surface area contributed by atoms with Crippen molar-refractivity contribution in [2.75, 3.05) is 12.5 Å². The summed E-state index contributed by atoms with van der Waals surface area (Å²) < 4.78 is 12.6. The molecule has 1 aliphatic rings. The van der Waals surface area contributed by atoms with Crippen LogP contribution in [0.25, 0.3) is 5.69 Å². The topological polar surface area (TPSA) is 66.2 Å². The first-order valence-electron chi connectivity index (χ1n) is 8.17. The van der Waals surface area contributed by atoms with Crippen molar-refractivity contribution in [2.24, 2.45) is 0 Å². The number of fused-ring (bicyclic) bond motifs is 1. The number of nitrogens with zero attached hydrogens (tertiary/aromatic N) is 3. The van der Waals surface area contributed by atoms with E-state index in [1.165, 1.54) is 11.8 Å². The first-order chi connectivity index (χ1) is 12.6. The molecule has 4 rings (SSSR count). The van der Waals surface area contributed by atoms with Crippen LogP contribution < -0.4 is 9.47 Å². The van der Waals surface area contributed by atoms with Crippen LogP contribution in [0.3, 0.4) is 0 Å². The van der Waals surface area contributed by atoms with Crippen molar-refractivity contribution in [1.29, 1.82) is 0 Å². The molecule has 26 heavy (non-hydrogen) atoms. The van der Waals surface area contributed by atoms with E-state index in [9.17, 15) is 4.79 Å². The number of ketones is 1. The molecule has 0 spiro atoms. The van der Waals surface area contributed by atoms with Crippen molar-refractivity contribution in [3.63, 3.8) is 0 Å². The highest BCUT2D eigenvalue weighted by Gasteiger charge is 2.18. The Hall–Kier alpha value is -2.80. The number of hydrogen-bond donors (Lipinski definition) is 0. The van der Waals surface area contributed by atoms with Crippen LogP contribution >= 0.6 is 11.8 Å². The summed E-state index contributed by atoms with van der Waals surface area (Å²) in [6.45, 7) is 4.14. The summed E-state index contributed by atoms with van der Waals surface area (Å²) in [5.74, 6) is 2.34. The zero-order valence-corrected chi connectivity index (χ0v) is 15.2. The Morgan fingerprint density at radius 1 is 1.12 bits per heavy atom. The van der Waals surface area contributed by atoms with Gasteiger partial charge in [-0.3, -0.25) is 9.36 Å². The smallest absolute Gasteiger partial charge is 0.231 e. The van der Waals surface area contributed by atoms with Crippen molar-refractivity contribution in [2.45, 2.75) is 19.0 Å². The number of hydrogen-bond acceptors (Lipinski definition) is 6. The van der Waals surface area contributed by atoms with E-state index in [4.69, 9.17) is 9.47 Å². The van der Waals surface area contributed by atoms with Crippen LogP contribution in [0.1, 0.15) is 21.7 Å². The molecule has 7 heteroatoms. The van der Waals surface area contributed by atoms with E-state index >= 15 is 0 Å². The molecule has 0 radical (unpaired) electrons. The van der Waals surface area contributed by atoms with Crippen LogP contribution in [0.2, 0.25) is 0 Å². The Labute approximate surface area is 155 Å². The minimum atomic E-state index is 0.00490. The summed E-state index contributed by atoms with van der Waals surface area (Å²) in [6, 6.07) is 13.3. The normalized spacial score (nSPS) is 12.4. The van der Waals surface area contributed by atoms with Gasteiger partial charge in [-0.25, -0.2) is 0 Å². The standard InChI is InChI=1S/C19H17N3O3S/c1-12-5-3-4-6-15(12)22-13(2)20-21-19(22)26-10-16(23)14-7-8-17-18(9-14)25-11-24-17/h3-9H,10-11H2,1-2H3. The number of para-hydroxylation sites is 1. The number of benzene rings is 2. The Kier molecular flexibility index (Phi) is 4.38. The van der Waals surface area contributed by atoms with Crippen LogP contribution in [0.15, 0.2) is 47.6 Å². The summed E-state index contributed by atoms with van der Waals surface area (Å²) in [5.41, 5.74) is 2.74. The molecule has 0 saturated heterocycles. The van der Waals surface area contributed by atoms with Gasteiger partial charge in [0.25, 0.3) is 0 Å². The largest absolute Gasteiger partial charge is 0.454 e. The maximum Gasteiger partial charge on any atom is 0.231 e. The third-order valence-electron chi connectivity index (χ3n) is 4.18. The average Bonchev–Trinajstić information content (AvgIpc) is 3.26. The third kappa shape index (κ3) is 3.06. The fourth-order valence-corrected chi connectivity index (χ4v) is 3.70. The lowest BCUT2D eigenvalue weighted by Gasteiger charge is -2.11. The molecule has 0 saturated carbocycles. The van der Waals surface area contributed by atoms with Crippen LogP contribution in [-0.2, 0) is 0 Å². The Morgan fingerprint density at radius 3 is 2.77 bits per heavy atom. The third-order valence-corrected chi connectivity index (χ3v) is 5.11. The summed E-state index contributed by atoms with van der Waals surface area (Å²) in [5, 5.41) is 9.11. The number of aryl methyl sites for hydroxylation is 2. The maximum atomic E-state index is 12.6. The highest BCUT2D eigenvalue weighted by molar-refractivity contribution is 7.99.